The molecule has 1 aromatic heterocycles. The van der Waals surface area contributed by atoms with Crippen molar-refractivity contribution in [2.45, 2.75) is 0 Å². The van der Waals surface area contributed by atoms with Gasteiger partial charge < -0.3 is 10.6 Å². The van der Waals surface area contributed by atoms with Crippen molar-refractivity contribution >= 4 is 17.4 Å². The van der Waals surface area contributed by atoms with Crippen LogP contribution in [-0.4, -0.2) is 17.9 Å². The largest absolute Gasteiger partial charge is 0.384 e. The van der Waals surface area contributed by atoms with E-state index in [1.54, 1.807) is 43.4 Å². The zero-order valence-electron chi connectivity index (χ0n) is 10.4. The maximum atomic E-state index is 12.2. The molecule has 0 fully saturated rings. The second-order valence-electron chi connectivity index (χ2n) is 4.00. The third-order valence-electron chi connectivity index (χ3n) is 2.70. The molecule has 0 saturated carbocycles. The lowest BCUT2D eigenvalue weighted by Gasteiger charge is -2.17. The topological polar surface area (TPSA) is 83.0 Å². The molecule has 5 heteroatoms. The number of pyridine rings is 1. The molecule has 0 aliphatic rings. The normalized spacial score (nSPS) is 9.68. The van der Waals surface area contributed by atoms with E-state index in [1.807, 2.05) is 6.07 Å². The molecule has 0 aliphatic heterocycles. The fourth-order valence-corrected chi connectivity index (χ4v) is 1.63. The van der Waals surface area contributed by atoms with Gasteiger partial charge in [0, 0.05) is 18.9 Å². The summed E-state index contributed by atoms with van der Waals surface area (Å²) in [6.45, 7) is 0. The summed E-state index contributed by atoms with van der Waals surface area (Å²) >= 11 is 0. The molecule has 0 spiro atoms. The number of nitrogens with two attached hydrogens (primary N) is 1. The van der Waals surface area contributed by atoms with Crippen LogP contribution in [0.25, 0.3) is 0 Å². The van der Waals surface area contributed by atoms with Gasteiger partial charge in [0.05, 0.1) is 17.2 Å². The molecule has 1 amide bonds. The van der Waals surface area contributed by atoms with Crippen LogP contribution in [0.4, 0.5) is 11.5 Å². The molecular formula is C14H12N4O. The summed E-state index contributed by atoms with van der Waals surface area (Å²) in [5.41, 5.74) is 7.08. The molecule has 2 N–H and O–H groups in total. The van der Waals surface area contributed by atoms with E-state index in [2.05, 4.69) is 4.98 Å². The Labute approximate surface area is 110 Å². The van der Waals surface area contributed by atoms with Crippen molar-refractivity contribution in [3.63, 3.8) is 0 Å². The van der Waals surface area contributed by atoms with Gasteiger partial charge in [0.15, 0.2) is 0 Å². The fourth-order valence-electron chi connectivity index (χ4n) is 1.63. The van der Waals surface area contributed by atoms with Crippen LogP contribution in [0.5, 0.6) is 0 Å². The minimum absolute atomic E-state index is 0.206. The van der Waals surface area contributed by atoms with Crippen molar-refractivity contribution in [2.24, 2.45) is 0 Å². The molecule has 0 bridgehead atoms. The van der Waals surface area contributed by atoms with Gasteiger partial charge in [-0.15, -0.1) is 0 Å². The van der Waals surface area contributed by atoms with Crippen LogP contribution in [0.3, 0.4) is 0 Å². The number of carbonyl (C=O) groups is 1. The first-order valence-corrected chi connectivity index (χ1v) is 5.61. The van der Waals surface area contributed by atoms with Crippen LogP contribution >= 0.6 is 0 Å². The molecule has 94 valence electrons. The van der Waals surface area contributed by atoms with Gasteiger partial charge in [-0.05, 0) is 30.3 Å². The Morgan fingerprint density at radius 3 is 2.79 bits per heavy atom. The smallest absolute Gasteiger partial charge is 0.259 e. The number of hydrogen-bond donors (Lipinski definition) is 1. The quantitative estimate of drug-likeness (QED) is 0.883. The lowest BCUT2D eigenvalue weighted by Crippen LogP contribution is -2.26. The van der Waals surface area contributed by atoms with Crippen molar-refractivity contribution in [3.05, 3.63) is 53.7 Å². The van der Waals surface area contributed by atoms with Gasteiger partial charge in [-0.25, -0.2) is 4.98 Å². The highest BCUT2D eigenvalue weighted by Gasteiger charge is 2.13. The van der Waals surface area contributed by atoms with Crippen molar-refractivity contribution in [1.82, 2.24) is 4.98 Å². The molecule has 1 heterocycles. The van der Waals surface area contributed by atoms with Crippen LogP contribution < -0.4 is 10.6 Å². The van der Waals surface area contributed by atoms with Gasteiger partial charge >= 0.3 is 0 Å². The molecule has 0 aliphatic carbocycles. The number of hydrogen-bond acceptors (Lipinski definition) is 4. The summed E-state index contributed by atoms with van der Waals surface area (Å²) < 4.78 is 0. The number of benzene rings is 1. The van der Waals surface area contributed by atoms with Gasteiger partial charge in [-0.2, -0.15) is 5.26 Å². The van der Waals surface area contributed by atoms with Crippen LogP contribution in [0.15, 0.2) is 42.6 Å². The maximum absolute atomic E-state index is 12.2. The number of nitriles is 1. The lowest BCUT2D eigenvalue weighted by atomic mass is 10.2. The highest BCUT2D eigenvalue weighted by molar-refractivity contribution is 6.05. The summed E-state index contributed by atoms with van der Waals surface area (Å²) in [4.78, 5) is 17.6. The Kier molecular flexibility index (Phi) is 3.44. The second kappa shape index (κ2) is 5.19. The first-order valence-electron chi connectivity index (χ1n) is 5.61. The molecule has 2 rings (SSSR count). The standard InChI is InChI=1S/C14H12N4O/c1-18(12-4-2-3-10(7-12)8-15)14(19)11-5-6-13(16)17-9-11/h2-7,9H,1H3,(H2,16,17). The van der Waals surface area contributed by atoms with E-state index >= 15 is 0 Å². The maximum Gasteiger partial charge on any atom is 0.259 e. The number of anilines is 2. The van der Waals surface area contributed by atoms with Crippen LogP contribution in [0, 0.1) is 11.3 Å². The zero-order chi connectivity index (χ0) is 13.8. The van der Waals surface area contributed by atoms with Crippen LogP contribution in [0.2, 0.25) is 0 Å². The number of aromatic nitrogens is 1. The van der Waals surface area contributed by atoms with Gasteiger partial charge in [-0.1, -0.05) is 6.07 Å². The number of rotatable bonds is 2. The Morgan fingerprint density at radius 2 is 2.16 bits per heavy atom. The van der Waals surface area contributed by atoms with E-state index in [4.69, 9.17) is 11.0 Å². The minimum atomic E-state index is -0.206. The fraction of sp³-hybridized carbons (Fsp3) is 0.0714. The highest BCUT2D eigenvalue weighted by atomic mass is 16.2. The van der Waals surface area contributed by atoms with E-state index in [0.29, 0.717) is 22.6 Å². The Hall–Kier alpha value is -2.87. The third kappa shape index (κ3) is 2.69. The number of nitrogens with zero attached hydrogens (tertiary/aromatic N) is 3. The minimum Gasteiger partial charge on any atom is -0.384 e. The van der Waals surface area contributed by atoms with Crippen LogP contribution in [-0.2, 0) is 0 Å². The second-order valence-corrected chi connectivity index (χ2v) is 4.00. The highest BCUT2D eigenvalue weighted by Crippen LogP contribution is 2.17. The van der Waals surface area contributed by atoms with E-state index in [1.165, 1.54) is 11.1 Å². The Bertz CT molecular complexity index is 643. The molecule has 0 saturated heterocycles. The molecule has 0 atom stereocenters. The molecule has 19 heavy (non-hydrogen) atoms. The average molecular weight is 252 g/mol. The first-order chi connectivity index (χ1) is 9.11. The van der Waals surface area contributed by atoms with E-state index in [-0.39, 0.29) is 5.91 Å². The van der Waals surface area contributed by atoms with Gasteiger partial charge in [0.25, 0.3) is 5.91 Å². The van der Waals surface area contributed by atoms with E-state index in [9.17, 15) is 4.79 Å². The summed E-state index contributed by atoms with van der Waals surface area (Å²) in [5, 5.41) is 8.85. The summed E-state index contributed by atoms with van der Waals surface area (Å²) in [6.07, 6.45) is 1.43. The number of nitrogen functional groups attached to an aromatic ring is 1. The molecule has 0 radical (unpaired) electrons. The third-order valence-corrected chi connectivity index (χ3v) is 2.70. The molecule has 0 unspecified atom stereocenters. The summed E-state index contributed by atoms with van der Waals surface area (Å²) in [6, 6.07) is 12.1. The average Bonchev–Trinajstić information content (AvgIpc) is 2.46. The SMILES string of the molecule is CN(C(=O)c1ccc(N)nc1)c1cccc(C#N)c1. The molecule has 1 aromatic carbocycles. The van der Waals surface area contributed by atoms with Gasteiger partial charge in [0.1, 0.15) is 5.82 Å². The van der Waals surface area contributed by atoms with Crippen molar-refractivity contribution in [2.75, 3.05) is 17.7 Å². The zero-order valence-corrected chi connectivity index (χ0v) is 10.4. The first kappa shape index (κ1) is 12.6. The lowest BCUT2D eigenvalue weighted by molar-refractivity contribution is 0.0992. The number of carbonyl (C=O) groups excluding carboxylic acids is 1. The number of amides is 1. The Morgan fingerprint density at radius 1 is 1.37 bits per heavy atom. The molecule has 5 nitrogen and oxygen atoms in total. The monoisotopic (exact) mass is 252 g/mol. The summed E-state index contributed by atoms with van der Waals surface area (Å²) in [7, 11) is 1.65. The predicted molar refractivity (Wildman–Crippen MR) is 72.5 cm³/mol. The van der Waals surface area contributed by atoms with Gasteiger partial charge in [0.2, 0.25) is 0 Å². The predicted octanol–water partition coefficient (Wildman–Crippen LogP) is 1.81. The van der Waals surface area contributed by atoms with Crippen LogP contribution in [0.1, 0.15) is 15.9 Å². The summed E-state index contributed by atoms with van der Waals surface area (Å²) in [5.74, 6) is 0.160. The molecule has 2 aromatic rings. The van der Waals surface area contributed by atoms with Crippen molar-refractivity contribution in [1.29, 1.82) is 5.26 Å². The van der Waals surface area contributed by atoms with Crippen molar-refractivity contribution in [3.8, 4) is 6.07 Å². The van der Waals surface area contributed by atoms with E-state index < -0.39 is 0 Å². The van der Waals surface area contributed by atoms with Crippen molar-refractivity contribution < 1.29 is 4.79 Å². The van der Waals surface area contributed by atoms with E-state index in [0.717, 1.165) is 0 Å². The Balaban J connectivity index is 2.28. The molecular weight excluding hydrogens is 240 g/mol. The van der Waals surface area contributed by atoms with Gasteiger partial charge in [-0.3, -0.25) is 4.79 Å².